The van der Waals surface area contributed by atoms with Crippen molar-refractivity contribution in [1.82, 2.24) is 14.9 Å². The minimum atomic E-state index is -4.00. The number of nitrogens with zero attached hydrogens (tertiary/aromatic N) is 2. The number of methoxy groups -OCH3 is 1. The molecule has 26 heavy (non-hydrogen) atoms. The lowest BCUT2D eigenvalue weighted by molar-refractivity contribution is -0.116. The Hall–Kier alpha value is -2.13. The van der Waals surface area contributed by atoms with E-state index >= 15 is 0 Å². The fourth-order valence-electron chi connectivity index (χ4n) is 1.69. The first-order valence-electron chi connectivity index (χ1n) is 6.92. The molecule has 11 nitrogen and oxygen atoms in total. The fourth-order valence-corrected chi connectivity index (χ4v) is 4.08. The quantitative estimate of drug-likeness (QED) is 0.479. The number of hydrogen-bond acceptors (Lipinski definition) is 9. The van der Waals surface area contributed by atoms with E-state index in [2.05, 4.69) is 20.2 Å². The summed E-state index contributed by atoms with van der Waals surface area (Å²) in [6.07, 6.45) is -0.195. The summed E-state index contributed by atoms with van der Waals surface area (Å²) in [7, 11) is -6.31. The molecule has 0 aliphatic carbocycles. The Kier molecular flexibility index (Phi) is 6.25. The van der Waals surface area contributed by atoms with Crippen molar-refractivity contribution in [3.8, 4) is 5.75 Å². The SMILES string of the molecule is COc1ccc(S(=O)(=O)NCCC(=O)Nc2nnc(S(N)(=O)=O)s2)cc1. The number of hydrogen-bond donors (Lipinski definition) is 3. The minimum absolute atomic E-state index is 0.0284. The highest BCUT2D eigenvalue weighted by Gasteiger charge is 2.17. The van der Waals surface area contributed by atoms with Crippen LogP contribution in [0.1, 0.15) is 6.42 Å². The van der Waals surface area contributed by atoms with Crippen LogP contribution in [0.4, 0.5) is 5.13 Å². The van der Waals surface area contributed by atoms with Gasteiger partial charge < -0.3 is 10.1 Å². The average Bonchev–Trinajstić information content (AvgIpc) is 3.03. The number of primary sulfonamides is 1. The number of carbonyl (C=O) groups excluding carboxylic acids is 1. The maximum Gasteiger partial charge on any atom is 0.267 e. The first kappa shape index (κ1) is 20.2. The Bertz CT molecular complexity index is 985. The van der Waals surface area contributed by atoms with E-state index in [1.807, 2.05) is 0 Å². The molecule has 0 atom stereocenters. The number of aromatic nitrogens is 2. The number of sulfonamides is 2. The minimum Gasteiger partial charge on any atom is -0.497 e. The zero-order valence-corrected chi connectivity index (χ0v) is 15.8. The molecule has 2 rings (SSSR count). The van der Waals surface area contributed by atoms with Crippen molar-refractivity contribution in [2.45, 2.75) is 15.7 Å². The van der Waals surface area contributed by atoms with Crippen molar-refractivity contribution in [3.63, 3.8) is 0 Å². The second kappa shape index (κ2) is 8.05. The van der Waals surface area contributed by atoms with Gasteiger partial charge in [-0.05, 0) is 24.3 Å². The van der Waals surface area contributed by atoms with Gasteiger partial charge in [0.2, 0.25) is 25.4 Å². The normalized spacial score (nSPS) is 11.9. The highest BCUT2D eigenvalue weighted by Crippen LogP contribution is 2.18. The standard InChI is InChI=1S/C12H15N5O6S3/c1-23-8-2-4-9(5-3-8)26(21,22)14-7-6-10(18)15-11-16-17-12(24-11)25(13,19)20/h2-5,14H,6-7H2,1H3,(H2,13,19,20)(H,15,16,18). The predicted octanol–water partition coefficient (Wildman–Crippen LogP) is -0.499. The Labute approximate surface area is 153 Å². The lowest BCUT2D eigenvalue weighted by Gasteiger charge is -2.07. The van der Waals surface area contributed by atoms with E-state index in [4.69, 9.17) is 9.88 Å². The summed E-state index contributed by atoms with van der Waals surface area (Å²) < 4.78 is 53.2. The van der Waals surface area contributed by atoms with Crippen LogP contribution in [-0.4, -0.2) is 46.6 Å². The van der Waals surface area contributed by atoms with Gasteiger partial charge in [-0.15, -0.1) is 10.2 Å². The van der Waals surface area contributed by atoms with Crippen LogP contribution < -0.4 is 19.9 Å². The van der Waals surface area contributed by atoms with E-state index in [0.717, 1.165) is 0 Å². The van der Waals surface area contributed by atoms with Crippen LogP contribution in [-0.2, 0) is 24.8 Å². The fraction of sp³-hybridized carbons (Fsp3) is 0.250. The number of anilines is 1. The van der Waals surface area contributed by atoms with E-state index in [1.165, 1.54) is 31.4 Å². The van der Waals surface area contributed by atoms with Crippen LogP contribution in [0.5, 0.6) is 5.75 Å². The Morgan fingerprint density at radius 1 is 1.19 bits per heavy atom. The zero-order valence-electron chi connectivity index (χ0n) is 13.4. The molecule has 1 aromatic heterocycles. The van der Waals surface area contributed by atoms with Crippen LogP contribution in [0.15, 0.2) is 33.5 Å². The van der Waals surface area contributed by atoms with Crippen molar-refractivity contribution in [2.24, 2.45) is 5.14 Å². The molecule has 0 aliphatic heterocycles. The average molecular weight is 421 g/mol. The molecule has 0 unspecified atom stereocenters. The lowest BCUT2D eigenvalue weighted by atomic mass is 10.3. The number of nitrogens with one attached hydrogen (secondary N) is 2. The molecule has 142 valence electrons. The van der Waals surface area contributed by atoms with E-state index < -0.39 is 30.3 Å². The maximum atomic E-state index is 12.1. The molecule has 14 heteroatoms. The smallest absolute Gasteiger partial charge is 0.267 e. The van der Waals surface area contributed by atoms with Crippen LogP contribution in [0.25, 0.3) is 0 Å². The molecule has 0 saturated carbocycles. The molecule has 0 radical (unpaired) electrons. The van der Waals surface area contributed by atoms with Crippen LogP contribution in [0.3, 0.4) is 0 Å². The number of carbonyl (C=O) groups is 1. The highest BCUT2D eigenvalue weighted by molar-refractivity contribution is 7.91. The van der Waals surface area contributed by atoms with Gasteiger partial charge in [-0.25, -0.2) is 26.7 Å². The van der Waals surface area contributed by atoms with Crippen LogP contribution in [0, 0.1) is 0 Å². The summed E-state index contributed by atoms with van der Waals surface area (Å²) >= 11 is 0.590. The van der Waals surface area contributed by atoms with Crippen molar-refractivity contribution >= 4 is 42.4 Å². The molecule has 0 saturated heterocycles. The largest absolute Gasteiger partial charge is 0.497 e. The molecular weight excluding hydrogens is 406 g/mol. The third-order valence-corrected chi connectivity index (χ3v) is 6.54. The van der Waals surface area contributed by atoms with Gasteiger partial charge in [0, 0.05) is 13.0 Å². The molecule has 0 aliphatic rings. The van der Waals surface area contributed by atoms with Gasteiger partial charge in [0.15, 0.2) is 0 Å². The van der Waals surface area contributed by atoms with Crippen molar-refractivity contribution in [2.75, 3.05) is 19.0 Å². The van der Waals surface area contributed by atoms with Gasteiger partial charge in [-0.2, -0.15) is 0 Å². The Morgan fingerprint density at radius 2 is 1.85 bits per heavy atom. The molecular formula is C12H15N5O6S3. The van der Waals surface area contributed by atoms with Crippen LogP contribution in [0.2, 0.25) is 0 Å². The van der Waals surface area contributed by atoms with E-state index in [9.17, 15) is 21.6 Å². The third kappa shape index (κ3) is 5.43. The molecule has 0 bridgehead atoms. The number of benzene rings is 1. The summed E-state index contributed by atoms with van der Waals surface area (Å²) in [4.78, 5) is 11.8. The van der Waals surface area contributed by atoms with E-state index in [-0.39, 0.29) is 23.0 Å². The summed E-state index contributed by atoms with van der Waals surface area (Å²) in [6.45, 7) is -0.166. The van der Waals surface area contributed by atoms with E-state index in [1.54, 1.807) is 0 Å². The van der Waals surface area contributed by atoms with Crippen molar-refractivity contribution < 1.29 is 26.4 Å². The molecule has 0 fully saturated rings. The molecule has 2 aromatic rings. The van der Waals surface area contributed by atoms with Gasteiger partial charge in [-0.3, -0.25) is 4.79 Å². The van der Waals surface area contributed by atoms with Gasteiger partial charge in [0.05, 0.1) is 12.0 Å². The van der Waals surface area contributed by atoms with Gasteiger partial charge in [0.1, 0.15) is 5.75 Å². The van der Waals surface area contributed by atoms with Gasteiger partial charge in [0.25, 0.3) is 10.0 Å². The maximum absolute atomic E-state index is 12.1. The molecule has 1 heterocycles. The summed E-state index contributed by atoms with van der Waals surface area (Å²) in [5.74, 6) is -0.0567. The van der Waals surface area contributed by atoms with Crippen molar-refractivity contribution in [3.05, 3.63) is 24.3 Å². The third-order valence-electron chi connectivity index (χ3n) is 2.91. The zero-order chi connectivity index (χ0) is 19.4. The van der Waals surface area contributed by atoms with Gasteiger partial charge >= 0.3 is 0 Å². The molecule has 1 amide bonds. The van der Waals surface area contributed by atoms with Crippen LogP contribution >= 0.6 is 11.3 Å². The van der Waals surface area contributed by atoms with E-state index in [0.29, 0.717) is 17.1 Å². The number of amides is 1. The summed E-state index contributed by atoms with van der Waals surface area (Å²) in [6, 6.07) is 5.74. The summed E-state index contributed by atoms with van der Waals surface area (Å²) in [5.41, 5.74) is 0. The second-order valence-electron chi connectivity index (χ2n) is 4.79. The highest BCUT2D eigenvalue weighted by atomic mass is 32.2. The first-order valence-corrected chi connectivity index (χ1v) is 10.8. The molecule has 1 aromatic carbocycles. The van der Waals surface area contributed by atoms with Gasteiger partial charge in [-0.1, -0.05) is 11.3 Å². The lowest BCUT2D eigenvalue weighted by Crippen LogP contribution is -2.27. The summed E-state index contributed by atoms with van der Waals surface area (Å²) in [5, 5.41) is 13.9. The number of rotatable bonds is 8. The molecule has 0 spiro atoms. The monoisotopic (exact) mass is 421 g/mol. The molecule has 4 N–H and O–H groups in total. The topological polar surface area (TPSA) is 170 Å². The Balaban J connectivity index is 1.88. The van der Waals surface area contributed by atoms with Crippen molar-refractivity contribution in [1.29, 1.82) is 0 Å². The number of ether oxygens (including phenoxy) is 1. The number of nitrogens with two attached hydrogens (primary N) is 1. The second-order valence-corrected chi connectivity index (χ2v) is 9.27. The first-order chi connectivity index (χ1) is 12.1. The predicted molar refractivity (Wildman–Crippen MR) is 92.7 cm³/mol. The Morgan fingerprint density at radius 3 is 2.38 bits per heavy atom.